The molecule has 2 saturated heterocycles. The number of anilines is 2. The van der Waals surface area contributed by atoms with Crippen LogP contribution in [0.15, 0.2) is 59.0 Å². The largest absolute Gasteiger partial charge is 0.451 e. The van der Waals surface area contributed by atoms with E-state index in [1.165, 1.54) is 30.7 Å². The number of nitrogens with one attached hydrogen (secondary N) is 1. The molecule has 2 fully saturated rings. The Balaban J connectivity index is 1.28. The quantitative estimate of drug-likeness (QED) is 0.424. The second-order valence-corrected chi connectivity index (χ2v) is 9.05. The number of hydrogen-bond acceptors (Lipinski definition) is 6. The highest BCUT2D eigenvalue weighted by molar-refractivity contribution is 6.30. The summed E-state index contributed by atoms with van der Waals surface area (Å²) in [7, 11) is 2.17. The van der Waals surface area contributed by atoms with Gasteiger partial charge in [-0.15, -0.1) is 0 Å². The first-order chi connectivity index (χ1) is 15.9. The number of likely N-dealkylation sites (tertiary alicyclic amines) is 1. The monoisotopic (exact) mass is 466 g/mol. The highest BCUT2D eigenvalue weighted by Crippen LogP contribution is 2.35. The van der Waals surface area contributed by atoms with Crippen molar-refractivity contribution in [2.24, 2.45) is 5.92 Å². The molecule has 2 atom stereocenters. The third-order valence-electron chi connectivity index (χ3n) is 6.44. The lowest BCUT2D eigenvalue weighted by Crippen LogP contribution is -2.34. The first kappa shape index (κ1) is 21.5. The smallest absolute Gasteiger partial charge is 0.291 e. The van der Waals surface area contributed by atoms with Crippen LogP contribution >= 0.6 is 11.6 Å². The Morgan fingerprint density at radius 2 is 1.94 bits per heavy atom. The minimum Gasteiger partial charge on any atom is -0.451 e. The van der Waals surface area contributed by atoms with Crippen LogP contribution in [0.2, 0.25) is 5.02 Å². The summed E-state index contributed by atoms with van der Waals surface area (Å²) < 4.78 is 5.62. The SMILES string of the molecule is CN1C[C@@H]2CCN(c3ccc(NC(=O)c4ccc(-c5ccc(Cl)cc5[N+](=O)[O-])o4)cc3)[C@@H]2C1. The number of halogens is 1. The summed E-state index contributed by atoms with van der Waals surface area (Å²) >= 11 is 5.88. The standard InChI is InChI=1S/C24H23ClN4O4/c1-27-13-15-10-11-28(21(15)14-27)18-5-3-17(4-6-18)26-24(30)23-9-8-22(33-23)19-7-2-16(25)12-20(19)29(31)32/h2-9,12,15,21H,10-11,13-14H2,1H3,(H,26,30)/t15-,21+/m0/s1. The van der Waals surface area contributed by atoms with Crippen molar-refractivity contribution in [2.45, 2.75) is 12.5 Å². The number of carbonyl (C=O) groups excluding carboxylic acids is 1. The molecule has 0 bridgehead atoms. The second-order valence-electron chi connectivity index (χ2n) is 8.61. The van der Waals surface area contributed by atoms with E-state index in [1.54, 1.807) is 6.07 Å². The lowest BCUT2D eigenvalue weighted by Gasteiger charge is -2.26. The predicted octanol–water partition coefficient (Wildman–Crippen LogP) is 4.90. The summed E-state index contributed by atoms with van der Waals surface area (Å²) in [5.41, 5.74) is 1.89. The van der Waals surface area contributed by atoms with Crippen LogP contribution in [0, 0.1) is 16.0 Å². The van der Waals surface area contributed by atoms with Crippen LogP contribution in [0.3, 0.4) is 0 Å². The molecule has 9 heteroatoms. The summed E-state index contributed by atoms with van der Waals surface area (Å²) in [6, 6.07) is 15.7. The number of rotatable bonds is 5. The van der Waals surface area contributed by atoms with E-state index in [-0.39, 0.29) is 27.8 Å². The van der Waals surface area contributed by atoms with Crippen molar-refractivity contribution >= 4 is 34.6 Å². The third-order valence-corrected chi connectivity index (χ3v) is 6.67. The summed E-state index contributed by atoms with van der Waals surface area (Å²) in [6.45, 7) is 3.29. The van der Waals surface area contributed by atoms with E-state index < -0.39 is 10.8 Å². The van der Waals surface area contributed by atoms with E-state index in [0.29, 0.717) is 11.7 Å². The zero-order valence-corrected chi connectivity index (χ0v) is 18.8. The van der Waals surface area contributed by atoms with Gasteiger partial charge in [-0.3, -0.25) is 14.9 Å². The minimum absolute atomic E-state index is 0.0645. The normalized spacial score (nSPS) is 20.1. The highest BCUT2D eigenvalue weighted by Gasteiger charge is 2.39. The molecule has 0 spiro atoms. The fraction of sp³-hybridized carbons (Fsp3) is 0.292. The molecule has 1 aromatic heterocycles. The van der Waals surface area contributed by atoms with Gasteiger partial charge in [-0.05, 0) is 67.9 Å². The van der Waals surface area contributed by atoms with Crippen LogP contribution in [0.25, 0.3) is 11.3 Å². The maximum atomic E-state index is 12.7. The molecule has 1 N–H and O–H groups in total. The molecule has 3 aromatic rings. The van der Waals surface area contributed by atoms with Crippen LogP contribution in [0.1, 0.15) is 17.0 Å². The Bertz CT molecular complexity index is 1210. The Kier molecular flexibility index (Phi) is 5.55. The molecule has 0 unspecified atom stereocenters. The molecule has 170 valence electrons. The van der Waals surface area contributed by atoms with Gasteiger partial charge in [0.25, 0.3) is 11.6 Å². The zero-order valence-electron chi connectivity index (χ0n) is 18.0. The fourth-order valence-electron chi connectivity index (χ4n) is 4.89. The number of fused-ring (bicyclic) bond motifs is 1. The topological polar surface area (TPSA) is 91.9 Å². The van der Waals surface area contributed by atoms with Crippen molar-refractivity contribution in [3.8, 4) is 11.3 Å². The molecule has 2 aromatic carbocycles. The van der Waals surface area contributed by atoms with Gasteiger partial charge in [-0.2, -0.15) is 0 Å². The Morgan fingerprint density at radius 3 is 2.70 bits per heavy atom. The van der Waals surface area contributed by atoms with E-state index in [0.717, 1.165) is 31.2 Å². The first-order valence-electron chi connectivity index (χ1n) is 10.8. The van der Waals surface area contributed by atoms with Crippen LogP contribution in [0.5, 0.6) is 0 Å². The number of nitro groups is 1. The summed E-state index contributed by atoms with van der Waals surface area (Å²) in [4.78, 5) is 28.3. The van der Waals surface area contributed by atoms with E-state index in [4.69, 9.17) is 16.0 Å². The number of carbonyl (C=O) groups is 1. The van der Waals surface area contributed by atoms with Gasteiger partial charge in [0.05, 0.1) is 10.5 Å². The van der Waals surface area contributed by atoms with Crippen molar-refractivity contribution in [1.82, 2.24) is 4.90 Å². The van der Waals surface area contributed by atoms with Crippen LogP contribution in [-0.2, 0) is 0 Å². The summed E-state index contributed by atoms with van der Waals surface area (Å²) in [5.74, 6) is 0.585. The van der Waals surface area contributed by atoms with Crippen molar-refractivity contribution < 1.29 is 14.1 Å². The molecule has 5 rings (SSSR count). The predicted molar refractivity (Wildman–Crippen MR) is 127 cm³/mol. The van der Waals surface area contributed by atoms with Crippen LogP contribution < -0.4 is 10.2 Å². The maximum absolute atomic E-state index is 12.7. The number of nitro benzene ring substituents is 1. The van der Waals surface area contributed by atoms with E-state index in [1.807, 2.05) is 24.3 Å². The average Bonchev–Trinajstić information content (AvgIpc) is 3.50. The number of hydrogen-bond donors (Lipinski definition) is 1. The highest BCUT2D eigenvalue weighted by atomic mass is 35.5. The van der Waals surface area contributed by atoms with Gasteiger partial charge in [-0.25, -0.2) is 0 Å². The van der Waals surface area contributed by atoms with E-state index in [9.17, 15) is 14.9 Å². The van der Waals surface area contributed by atoms with Gasteiger partial charge in [0, 0.05) is 48.1 Å². The first-order valence-corrected chi connectivity index (χ1v) is 11.2. The van der Waals surface area contributed by atoms with Gasteiger partial charge in [0.1, 0.15) is 5.76 Å². The Labute approximate surface area is 195 Å². The van der Waals surface area contributed by atoms with Crippen molar-refractivity contribution in [3.05, 3.63) is 75.5 Å². The molecule has 1 amide bonds. The van der Waals surface area contributed by atoms with E-state index >= 15 is 0 Å². The van der Waals surface area contributed by atoms with Crippen molar-refractivity contribution in [2.75, 3.05) is 36.9 Å². The Hall–Kier alpha value is -3.36. The van der Waals surface area contributed by atoms with Crippen molar-refractivity contribution in [1.29, 1.82) is 0 Å². The van der Waals surface area contributed by atoms with Gasteiger partial charge in [-0.1, -0.05) is 11.6 Å². The molecule has 3 heterocycles. The lowest BCUT2D eigenvalue weighted by molar-refractivity contribution is -0.384. The molecule has 0 saturated carbocycles. The average molecular weight is 467 g/mol. The zero-order chi connectivity index (χ0) is 23.1. The molecule has 2 aliphatic rings. The maximum Gasteiger partial charge on any atom is 0.291 e. The van der Waals surface area contributed by atoms with Gasteiger partial charge in [0.2, 0.25) is 0 Å². The molecule has 8 nitrogen and oxygen atoms in total. The summed E-state index contributed by atoms with van der Waals surface area (Å²) in [5, 5.41) is 14.4. The molecule has 0 radical (unpaired) electrons. The van der Waals surface area contributed by atoms with Gasteiger partial charge in [0.15, 0.2) is 5.76 Å². The molecule has 2 aliphatic heterocycles. The molecule has 0 aliphatic carbocycles. The number of benzene rings is 2. The molecule has 33 heavy (non-hydrogen) atoms. The van der Waals surface area contributed by atoms with Crippen LogP contribution in [-0.4, -0.2) is 48.5 Å². The lowest BCUT2D eigenvalue weighted by atomic mass is 10.0. The number of furan rings is 1. The van der Waals surface area contributed by atoms with E-state index in [2.05, 4.69) is 22.2 Å². The van der Waals surface area contributed by atoms with Crippen LogP contribution in [0.4, 0.5) is 17.1 Å². The molecular formula is C24H23ClN4O4. The van der Waals surface area contributed by atoms with Gasteiger partial charge < -0.3 is 19.5 Å². The fourth-order valence-corrected chi connectivity index (χ4v) is 5.06. The minimum atomic E-state index is -0.531. The third kappa shape index (κ3) is 4.19. The van der Waals surface area contributed by atoms with Crippen molar-refractivity contribution in [3.63, 3.8) is 0 Å². The number of nitrogens with zero attached hydrogens (tertiary/aromatic N) is 3. The number of amides is 1. The Morgan fingerprint density at radius 1 is 1.15 bits per heavy atom. The number of likely N-dealkylation sites (N-methyl/N-ethyl adjacent to an activating group) is 1. The molecular weight excluding hydrogens is 444 g/mol. The second kappa shape index (κ2) is 8.53. The van der Waals surface area contributed by atoms with Gasteiger partial charge >= 0.3 is 0 Å². The summed E-state index contributed by atoms with van der Waals surface area (Å²) in [6.07, 6.45) is 1.21.